The fourth-order valence-electron chi connectivity index (χ4n) is 1.95. The van der Waals surface area contributed by atoms with Crippen molar-refractivity contribution in [2.75, 3.05) is 6.61 Å². The van der Waals surface area contributed by atoms with E-state index in [0.29, 0.717) is 12.1 Å². The number of rotatable bonds is 6. The molecule has 0 unspecified atom stereocenters. The third kappa shape index (κ3) is 2.94. The van der Waals surface area contributed by atoms with Gasteiger partial charge in [0.15, 0.2) is 0 Å². The maximum Gasteiger partial charge on any atom is 0.375 e. The van der Waals surface area contributed by atoms with Gasteiger partial charge in [-0.15, -0.1) is 0 Å². The van der Waals surface area contributed by atoms with Gasteiger partial charge in [0.2, 0.25) is 0 Å². The molecule has 1 N–H and O–H groups in total. The van der Waals surface area contributed by atoms with E-state index in [4.69, 9.17) is 9.57 Å². The van der Waals surface area contributed by atoms with Crippen LogP contribution < -0.4 is 5.32 Å². The third-order valence-corrected chi connectivity index (χ3v) is 3.78. The van der Waals surface area contributed by atoms with Gasteiger partial charge < -0.3 is 14.9 Å². The highest BCUT2D eigenvalue weighted by Crippen LogP contribution is 2.28. The van der Waals surface area contributed by atoms with Crippen molar-refractivity contribution in [1.82, 2.24) is 5.32 Å². The number of carbonyl (C=O) groups is 2. The summed E-state index contributed by atoms with van der Waals surface area (Å²) in [5, 5.41) is 6.57. The Morgan fingerprint density at radius 1 is 1.35 bits per heavy atom. The summed E-state index contributed by atoms with van der Waals surface area (Å²) in [7, 11) is 0. The molecule has 114 valence electrons. The Hall–Kier alpha value is -1.59. The highest BCUT2D eigenvalue weighted by Gasteiger charge is 2.52. The largest absolute Gasteiger partial charge is 0.461 e. The van der Waals surface area contributed by atoms with Gasteiger partial charge in [-0.25, -0.2) is 4.79 Å². The minimum absolute atomic E-state index is 0.0212. The van der Waals surface area contributed by atoms with Crippen molar-refractivity contribution in [3.05, 3.63) is 0 Å². The van der Waals surface area contributed by atoms with Crippen molar-refractivity contribution in [3.63, 3.8) is 0 Å². The van der Waals surface area contributed by atoms with Gasteiger partial charge in [0.25, 0.3) is 5.91 Å². The molecule has 1 amide bonds. The Morgan fingerprint density at radius 3 is 2.45 bits per heavy atom. The van der Waals surface area contributed by atoms with Crippen LogP contribution in [0.1, 0.15) is 47.5 Å². The van der Waals surface area contributed by atoms with E-state index in [0.717, 1.165) is 6.42 Å². The molecular formula is C14H24N2O4. The number of hydrogen-bond acceptors (Lipinski definition) is 5. The quantitative estimate of drug-likeness (QED) is 0.755. The smallest absolute Gasteiger partial charge is 0.375 e. The van der Waals surface area contributed by atoms with E-state index >= 15 is 0 Å². The zero-order chi connectivity index (χ0) is 15.3. The number of amides is 1. The molecule has 0 spiro atoms. The SMILES string of the molecule is CCOC(=O)[C@@]1([C@@H](C)CC)NC(=O)C([C@@H](C)CC)=NO1. The van der Waals surface area contributed by atoms with E-state index in [1.54, 1.807) is 6.92 Å². The Morgan fingerprint density at radius 2 is 2.00 bits per heavy atom. The summed E-state index contributed by atoms with van der Waals surface area (Å²) in [6, 6.07) is 0. The predicted octanol–water partition coefficient (Wildman–Crippen LogP) is 1.84. The van der Waals surface area contributed by atoms with Crippen LogP contribution in [-0.2, 0) is 19.2 Å². The predicted molar refractivity (Wildman–Crippen MR) is 74.9 cm³/mol. The molecule has 0 bridgehead atoms. The molecule has 6 nitrogen and oxygen atoms in total. The number of ether oxygens (including phenoxy) is 1. The van der Waals surface area contributed by atoms with E-state index in [1.165, 1.54) is 0 Å². The summed E-state index contributed by atoms with van der Waals surface area (Å²) in [6.07, 6.45) is 1.42. The third-order valence-electron chi connectivity index (χ3n) is 3.78. The van der Waals surface area contributed by atoms with Gasteiger partial charge in [-0.05, 0) is 19.8 Å². The van der Waals surface area contributed by atoms with E-state index in [9.17, 15) is 9.59 Å². The molecular weight excluding hydrogens is 260 g/mol. The van der Waals surface area contributed by atoms with Crippen molar-refractivity contribution in [3.8, 4) is 0 Å². The average Bonchev–Trinajstić information content (AvgIpc) is 2.45. The zero-order valence-electron chi connectivity index (χ0n) is 12.9. The van der Waals surface area contributed by atoms with Gasteiger partial charge in [-0.2, -0.15) is 0 Å². The molecule has 0 aromatic rings. The van der Waals surface area contributed by atoms with Crippen LogP contribution in [0.5, 0.6) is 0 Å². The van der Waals surface area contributed by atoms with Crippen LogP contribution in [0.25, 0.3) is 0 Å². The normalized spacial score (nSPS) is 25.1. The van der Waals surface area contributed by atoms with Gasteiger partial charge in [-0.3, -0.25) is 4.79 Å². The monoisotopic (exact) mass is 284 g/mol. The first-order chi connectivity index (χ1) is 9.42. The topological polar surface area (TPSA) is 77.0 Å². The Bertz CT molecular complexity index is 408. The Balaban J connectivity index is 3.09. The van der Waals surface area contributed by atoms with Crippen LogP contribution in [-0.4, -0.2) is 29.9 Å². The molecule has 1 rings (SSSR count). The van der Waals surface area contributed by atoms with Crippen LogP contribution in [0.4, 0.5) is 0 Å². The summed E-state index contributed by atoms with van der Waals surface area (Å²) in [6.45, 7) is 9.51. The lowest BCUT2D eigenvalue weighted by Crippen LogP contribution is -2.64. The van der Waals surface area contributed by atoms with Crippen LogP contribution in [0.2, 0.25) is 0 Å². The zero-order valence-corrected chi connectivity index (χ0v) is 12.9. The first-order valence-corrected chi connectivity index (χ1v) is 7.18. The summed E-state index contributed by atoms with van der Waals surface area (Å²) in [4.78, 5) is 29.8. The minimum Gasteiger partial charge on any atom is -0.461 e. The van der Waals surface area contributed by atoms with E-state index in [-0.39, 0.29) is 24.3 Å². The lowest BCUT2D eigenvalue weighted by molar-refractivity contribution is -0.191. The van der Waals surface area contributed by atoms with Crippen molar-refractivity contribution in [1.29, 1.82) is 0 Å². The number of oxime groups is 1. The van der Waals surface area contributed by atoms with Crippen molar-refractivity contribution >= 4 is 17.6 Å². The van der Waals surface area contributed by atoms with Crippen LogP contribution in [0, 0.1) is 11.8 Å². The molecule has 0 aromatic carbocycles. The van der Waals surface area contributed by atoms with E-state index < -0.39 is 11.7 Å². The number of carbonyl (C=O) groups excluding carboxylic acids is 2. The first kappa shape index (κ1) is 16.5. The second-order valence-electron chi connectivity index (χ2n) is 5.10. The molecule has 1 aliphatic rings. The number of esters is 1. The summed E-state index contributed by atoms with van der Waals surface area (Å²) < 4.78 is 5.03. The molecule has 0 radical (unpaired) electrons. The lowest BCUT2D eigenvalue weighted by Gasteiger charge is -2.37. The van der Waals surface area contributed by atoms with Gasteiger partial charge in [-0.1, -0.05) is 32.9 Å². The molecule has 0 saturated carbocycles. The molecule has 6 heteroatoms. The van der Waals surface area contributed by atoms with Crippen molar-refractivity contribution < 1.29 is 19.2 Å². The Kier molecular flexibility index (Phi) is 5.53. The van der Waals surface area contributed by atoms with Crippen molar-refractivity contribution in [2.45, 2.75) is 53.2 Å². The first-order valence-electron chi connectivity index (χ1n) is 7.18. The maximum absolute atomic E-state index is 12.2. The summed E-state index contributed by atoms with van der Waals surface area (Å²) in [5.41, 5.74) is -1.20. The lowest BCUT2D eigenvalue weighted by atomic mass is 9.92. The summed E-state index contributed by atoms with van der Waals surface area (Å²) >= 11 is 0. The minimum atomic E-state index is -1.52. The average molecular weight is 284 g/mol. The van der Waals surface area contributed by atoms with Gasteiger partial charge in [0.05, 0.1) is 6.61 Å². The standard InChI is InChI=1S/C14H24N2O4/c1-6-9(4)11-12(17)15-14(20-16-11,10(5)7-2)13(18)19-8-3/h9-10H,6-8H2,1-5H3,(H,15,17)/t9-,10-,14-/m0/s1. The molecule has 3 atom stereocenters. The second-order valence-corrected chi connectivity index (χ2v) is 5.10. The van der Waals surface area contributed by atoms with Crippen LogP contribution >= 0.6 is 0 Å². The maximum atomic E-state index is 12.2. The molecule has 0 saturated heterocycles. The fraction of sp³-hybridized carbons (Fsp3) is 0.786. The van der Waals surface area contributed by atoms with E-state index in [1.807, 2.05) is 27.7 Å². The fourth-order valence-corrected chi connectivity index (χ4v) is 1.95. The highest BCUT2D eigenvalue weighted by atomic mass is 16.7. The number of nitrogens with one attached hydrogen (secondary N) is 1. The molecule has 0 aromatic heterocycles. The number of nitrogens with zero attached hydrogens (tertiary/aromatic N) is 1. The van der Waals surface area contributed by atoms with Gasteiger partial charge in [0, 0.05) is 11.8 Å². The summed E-state index contributed by atoms with van der Waals surface area (Å²) in [5.74, 6) is -1.23. The molecule has 1 aliphatic heterocycles. The molecule has 0 fully saturated rings. The van der Waals surface area contributed by atoms with E-state index in [2.05, 4.69) is 10.5 Å². The van der Waals surface area contributed by atoms with Crippen molar-refractivity contribution in [2.24, 2.45) is 17.0 Å². The highest BCUT2D eigenvalue weighted by molar-refractivity contribution is 6.40. The molecule has 0 aliphatic carbocycles. The van der Waals surface area contributed by atoms with Crippen LogP contribution in [0.3, 0.4) is 0 Å². The second kappa shape index (κ2) is 6.72. The molecule has 1 heterocycles. The van der Waals surface area contributed by atoms with Gasteiger partial charge in [0.1, 0.15) is 5.71 Å². The van der Waals surface area contributed by atoms with Gasteiger partial charge >= 0.3 is 11.7 Å². The Labute approximate surface area is 119 Å². The number of hydrogen-bond donors (Lipinski definition) is 1. The molecule has 20 heavy (non-hydrogen) atoms. The van der Waals surface area contributed by atoms with Crippen LogP contribution in [0.15, 0.2) is 5.16 Å².